The van der Waals surface area contributed by atoms with Crippen molar-refractivity contribution in [2.75, 3.05) is 0 Å². The van der Waals surface area contributed by atoms with Gasteiger partial charge in [-0.2, -0.15) is 0 Å². The number of hydrogen-bond donors (Lipinski definition) is 1. The average Bonchev–Trinajstić information content (AvgIpc) is 2.69. The first-order valence-electron chi connectivity index (χ1n) is 9.61. The van der Waals surface area contributed by atoms with Crippen molar-refractivity contribution in [3.8, 4) is 0 Å². The van der Waals surface area contributed by atoms with E-state index >= 15 is 0 Å². The van der Waals surface area contributed by atoms with Gasteiger partial charge in [-0.15, -0.1) is 0 Å². The Kier molecular flexibility index (Phi) is 3.11. The van der Waals surface area contributed by atoms with Crippen LogP contribution in [0.5, 0.6) is 0 Å². The van der Waals surface area contributed by atoms with Crippen LogP contribution < -0.4 is 0 Å². The van der Waals surface area contributed by atoms with Crippen molar-refractivity contribution in [3.05, 3.63) is 0 Å². The summed E-state index contributed by atoms with van der Waals surface area (Å²) in [4.78, 5) is 0. The van der Waals surface area contributed by atoms with E-state index in [1.165, 1.54) is 57.8 Å². The lowest BCUT2D eigenvalue weighted by Gasteiger charge is -2.61. The molecule has 4 fully saturated rings. The molecule has 4 aliphatic carbocycles. The molecule has 4 aliphatic rings. The molecule has 1 N–H and O–H groups in total. The van der Waals surface area contributed by atoms with Crippen LogP contribution in [0.25, 0.3) is 0 Å². The molecule has 0 aliphatic heterocycles. The number of hydrogen-bond acceptors (Lipinski definition) is 1. The molecule has 4 rings (SSSR count). The Morgan fingerprint density at radius 3 is 2.33 bits per heavy atom. The van der Waals surface area contributed by atoms with Gasteiger partial charge in [-0.25, -0.2) is 0 Å². The lowest BCUT2D eigenvalue weighted by molar-refractivity contribution is -0.145. The zero-order valence-electron chi connectivity index (χ0n) is 14.3. The van der Waals surface area contributed by atoms with Gasteiger partial charge >= 0.3 is 0 Å². The molecule has 0 aromatic rings. The molecular formula is C20H34O. The minimum atomic E-state index is -0.410. The smallest absolute Gasteiger partial charge is 0.0675 e. The summed E-state index contributed by atoms with van der Waals surface area (Å²) in [5, 5.41) is 10.9. The SMILES string of the molecule is C[C@]12CCCC[C@@H]1CC[C@H]1[C@H]3CC[C@@](C)(O)[C@]3(C)CC[C@@H]12. The van der Waals surface area contributed by atoms with Crippen LogP contribution in [-0.2, 0) is 0 Å². The second-order valence-corrected chi connectivity index (χ2v) is 9.67. The average molecular weight is 290 g/mol. The van der Waals surface area contributed by atoms with E-state index in [2.05, 4.69) is 20.8 Å². The van der Waals surface area contributed by atoms with Crippen molar-refractivity contribution in [1.82, 2.24) is 0 Å². The van der Waals surface area contributed by atoms with Crippen LogP contribution in [0.4, 0.5) is 0 Å². The normalized spacial score (nSPS) is 60.0. The molecule has 0 aromatic heterocycles. The highest BCUT2D eigenvalue weighted by Gasteiger charge is 2.62. The standard InChI is InChI=1S/C20H34O/c1-18-11-5-4-6-14(18)7-8-15-16(18)9-12-19(2)17(15)10-13-20(19,3)21/h14-17,21H,4-13H2,1-3H3/t14-,15-,16+,17-,18+,19-,20-/m1/s1. The van der Waals surface area contributed by atoms with Crippen LogP contribution in [0.2, 0.25) is 0 Å². The molecule has 0 saturated heterocycles. The van der Waals surface area contributed by atoms with Crippen LogP contribution in [-0.4, -0.2) is 10.7 Å². The largest absolute Gasteiger partial charge is 0.390 e. The zero-order valence-corrected chi connectivity index (χ0v) is 14.3. The maximum absolute atomic E-state index is 10.9. The van der Waals surface area contributed by atoms with Crippen molar-refractivity contribution >= 4 is 0 Å². The summed E-state index contributed by atoms with van der Waals surface area (Å²) in [6.07, 6.45) is 13.9. The fraction of sp³-hybridized carbons (Fsp3) is 1.00. The van der Waals surface area contributed by atoms with Gasteiger partial charge in [0.05, 0.1) is 5.60 Å². The molecule has 21 heavy (non-hydrogen) atoms. The molecule has 0 radical (unpaired) electrons. The van der Waals surface area contributed by atoms with Crippen molar-refractivity contribution in [2.24, 2.45) is 34.5 Å². The predicted octanol–water partition coefficient (Wildman–Crippen LogP) is 5.17. The third-order valence-corrected chi connectivity index (χ3v) is 9.15. The predicted molar refractivity (Wildman–Crippen MR) is 87.0 cm³/mol. The van der Waals surface area contributed by atoms with E-state index in [1.54, 1.807) is 0 Å². The van der Waals surface area contributed by atoms with Gasteiger partial charge in [0, 0.05) is 0 Å². The maximum Gasteiger partial charge on any atom is 0.0675 e. The Hall–Kier alpha value is -0.0400. The Labute approximate surface area is 130 Å². The highest BCUT2D eigenvalue weighted by atomic mass is 16.3. The lowest BCUT2D eigenvalue weighted by Crippen LogP contribution is -2.55. The second-order valence-electron chi connectivity index (χ2n) is 9.67. The molecule has 0 aromatic carbocycles. The second kappa shape index (κ2) is 4.49. The van der Waals surface area contributed by atoms with Crippen LogP contribution in [0.1, 0.15) is 85.0 Å². The van der Waals surface area contributed by atoms with Crippen molar-refractivity contribution < 1.29 is 5.11 Å². The molecule has 0 spiro atoms. The van der Waals surface area contributed by atoms with Crippen LogP contribution in [0.3, 0.4) is 0 Å². The molecule has 120 valence electrons. The monoisotopic (exact) mass is 290 g/mol. The Morgan fingerprint density at radius 1 is 0.762 bits per heavy atom. The third kappa shape index (κ3) is 1.79. The van der Waals surface area contributed by atoms with E-state index < -0.39 is 5.60 Å². The highest BCUT2D eigenvalue weighted by molar-refractivity contribution is 5.12. The molecule has 0 heterocycles. The van der Waals surface area contributed by atoms with Gasteiger partial charge in [-0.1, -0.05) is 26.7 Å². The summed E-state index contributed by atoms with van der Waals surface area (Å²) < 4.78 is 0. The van der Waals surface area contributed by atoms with Gasteiger partial charge in [0.1, 0.15) is 0 Å². The van der Waals surface area contributed by atoms with E-state index in [9.17, 15) is 5.11 Å². The van der Waals surface area contributed by atoms with E-state index in [4.69, 9.17) is 0 Å². The van der Waals surface area contributed by atoms with Gasteiger partial charge in [0.25, 0.3) is 0 Å². The quantitative estimate of drug-likeness (QED) is 0.652. The summed E-state index contributed by atoms with van der Waals surface area (Å²) in [5.41, 5.74) is 0.427. The van der Waals surface area contributed by atoms with E-state index in [-0.39, 0.29) is 5.41 Å². The topological polar surface area (TPSA) is 20.2 Å². The third-order valence-electron chi connectivity index (χ3n) is 9.15. The fourth-order valence-corrected chi connectivity index (χ4v) is 7.54. The van der Waals surface area contributed by atoms with Crippen LogP contribution in [0, 0.1) is 34.5 Å². The van der Waals surface area contributed by atoms with Gasteiger partial charge in [-0.05, 0) is 92.8 Å². The molecule has 4 saturated carbocycles. The molecule has 0 unspecified atom stereocenters. The fourth-order valence-electron chi connectivity index (χ4n) is 7.54. The zero-order chi connectivity index (χ0) is 14.9. The summed E-state index contributed by atoms with van der Waals surface area (Å²) in [5.74, 6) is 3.69. The van der Waals surface area contributed by atoms with Gasteiger partial charge < -0.3 is 5.11 Å². The van der Waals surface area contributed by atoms with E-state index in [1.807, 2.05) is 0 Å². The van der Waals surface area contributed by atoms with Crippen LogP contribution >= 0.6 is 0 Å². The Bertz CT molecular complexity index is 428. The number of rotatable bonds is 0. The van der Waals surface area contributed by atoms with Crippen molar-refractivity contribution in [2.45, 2.75) is 90.6 Å². The first kappa shape index (κ1) is 14.5. The molecule has 7 atom stereocenters. The maximum atomic E-state index is 10.9. The first-order chi connectivity index (χ1) is 9.88. The first-order valence-corrected chi connectivity index (χ1v) is 9.61. The minimum Gasteiger partial charge on any atom is -0.390 e. The summed E-state index contributed by atoms with van der Waals surface area (Å²) >= 11 is 0. The van der Waals surface area contributed by atoms with E-state index in [0.717, 1.165) is 30.1 Å². The van der Waals surface area contributed by atoms with Crippen LogP contribution in [0.15, 0.2) is 0 Å². The Balaban J connectivity index is 1.66. The molecule has 1 nitrogen and oxygen atoms in total. The van der Waals surface area contributed by atoms with Crippen molar-refractivity contribution in [1.29, 1.82) is 0 Å². The highest BCUT2D eigenvalue weighted by Crippen LogP contribution is 2.68. The number of fused-ring (bicyclic) bond motifs is 5. The summed E-state index contributed by atoms with van der Waals surface area (Å²) in [6.45, 7) is 7.18. The minimum absolute atomic E-state index is 0.200. The Morgan fingerprint density at radius 2 is 1.52 bits per heavy atom. The summed E-state index contributed by atoms with van der Waals surface area (Å²) in [6, 6.07) is 0. The number of aliphatic hydroxyl groups is 1. The van der Waals surface area contributed by atoms with E-state index in [0.29, 0.717) is 5.41 Å². The summed E-state index contributed by atoms with van der Waals surface area (Å²) in [7, 11) is 0. The van der Waals surface area contributed by atoms with Crippen molar-refractivity contribution in [3.63, 3.8) is 0 Å². The molecule has 0 amide bonds. The molecule has 1 heteroatoms. The molecular weight excluding hydrogens is 256 g/mol. The van der Waals surface area contributed by atoms with Gasteiger partial charge in [0.2, 0.25) is 0 Å². The van der Waals surface area contributed by atoms with Gasteiger partial charge in [0.15, 0.2) is 0 Å². The lowest BCUT2D eigenvalue weighted by atomic mass is 9.44. The molecule has 0 bridgehead atoms. The van der Waals surface area contributed by atoms with Gasteiger partial charge in [-0.3, -0.25) is 0 Å².